The predicted octanol–water partition coefficient (Wildman–Crippen LogP) is 4.50. The number of aromatic nitrogens is 2. The van der Waals surface area contributed by atoms with E-state index in [1.54, 1.807) is 48.7 Å². The van der Waals surface area contributed by atoms with Crippen molar-refractivity contribution in [3.63, 3.8) is 0 Å². The summed E-state index contributed by atoms with van der Waals surface area (Å²) < 4.78 is 19.8. The van der Waals surface area contributed by atoms with Crippen molar-refractivity contribution in [2.45, 2.75) is 38.1 Å². The van der Waals surface area contributed by atoms with Crippen LogP contribution in [-0.4, -0.2) is 50.5 Å². The van der Waals surface area contributed by atoms with E-state index in [2.05, 4.69) is 45.0 Å². The summed E-state index contributed by atoms with van der Waals surface area (Å²) in [4.78, 5) is 21.1. The van der Waals surface area contributed by atoms with Gasteiger partial charge in [-0.1, -0.05) is 13.8 Å². The van der Waals surface area contributed by atoms with Crippen LogP contribution in [0.15, 0.2) is 52.2 Å². The van der Waals surface area contributed by atoms with Gasteiger partial charge in [0, 0.05) is 22.3 Å². The summed E-state index contributed by atoms with van der Waals surface area (Å²) in [6, 6.07) is 8.46. The Morgan fingerprint density at radius 3 is 2.60 bits per heavy atom. The van der Waals surface area contributed by atoms with Crippen molar-refractivity contribution in [2.24, 2.45) is 5.92 Å². The molecule has 0 radical (unpaired) electrons. The number of carbonyl (C=O) groups is 1. The molecule has 0 bridgehead atoms. The third-order valence-electron chi connectivity index (χ3n) is 4.95. The average molecular weight is 518 g/mol. The maximum atomic E-state index is 12.7. The van der Waals surface area contributed by atoms with Crippen LogP contribution in [0.25, 0.3) is 11.1 Å². The number of aliphatic hydroxyl groups excluding tert-OH is 1. The van der Waals surface area contributed by atoms with Gasteiger partial charge in [-0.15, -0.1) is 0 Å². The number of aliphatic hydroxyl groups is 1. The number of nitrogens with zero attached hydrogens (tertiary/aromatic N) is 2. The van der Waals surface area contributed by atoms with Crippen LogP contribution < -0.4 is 15.4 Å². The zero-order valence-corrected chi connectivity index (χ0v) is 21.6. The lowest BCUT2D eigenvalue weighted by Crippen LogP contribution is -2.30. The van der Waals surface area contributed by atoms with Gasteiger partial charge in [-0.25, -0.2) is 18.7 Å². The van der Waals surface area contributed by atoms with Crippen molar-refractivity contribution < 1.29 is 18.8 Å². The van der Waals surface area contributed by atoms with E-state index in [-0.39, 0.29) is 19.3 Å². The quantitative estimate of drug-likeness (QED) is 0.274. The number of hydrogen-bond donors (Lipinski definition) is 4. The molecule has 0 spiro atoms. The van der Waals surface area contributed by atoms with Crippen molar-refractivity contribution >= 4 is 50.5 Å². The molecule has 1 unspecified atom stereocenters. The molecule has 4 N–H and O–H groups in total. The van der Waals surface area contributed by atoms with E-state index < -0.39 is 15.8 Å². The van der Waals surface area contributed by atoms with Crippen LogP contribution in [0.5, 0.6) is 0 Å². The van der Waals surface area contributed by atoms with Gasteiger partial charge in [0.2, 0.25) is 5.95 Å². The fraction of sp³-hybridized carbons (Fsp3) is 0.333. The molecule has 3 aromatic rings. The first kappa shape index (κ1) is 26.5. The minimum absolute atomic E-state index is 0.0142. The van der Waals surface area contributed by atoms with E-state index in [1.165, 1.54) is 0 Å². The molecule has 2 aromatic heterocycles. The van der Waals surface area contributed by atoms with Crippen LogP contribution in [-0.2, 0) is 14.4 Å². The van der Waals surface area contributed by atoms with E-state index >= 15 is 0 Å². The zero-order chi connectivity index (χ0) is 25.4. The van der Waals surface area contributed by atoms with Gasteiger partial charge in [0.15, 0.2) is 0 Å². The normalized spacial score (nSPS) is 13.6. The first-order chi connectivity index (χ1) is 16.7. The Morgan fingerprint density at radius 1 is 1.26 bits per heavy atom. The molecule has 0 aliphatic heterocycles. The minimum Gasteiger partial charge on any atom is -0.449 e. The van der Waals surface area contributed by atoms with E-state index in [9.17, 15) is 14.1 Å². The molecule has 0 aliphatic rings. The molecule has 0 saturated heterocycles. The average Bonchev–Trinajstić information content (AvgIpc) is 3.33. The Hall–Kier alpha value is -3.15. The van der Waals surface area contributed by atoms with Gasteiger partial charge in [0.05, 0.1) is 29.0 Å². The smallest absolute Gasteiger partial charge is 0.418 e. The summed E-state index contributed by atoms with van der Waals surface area (Å²) in [6.07, 6.45) is 1.74. The third-order valence-corrected chi connectivity index (χ3v) is 7.17. The van der Waals surface area contributed by atoms with E-state index in [4.69, 9.17) is 4.74 Å². The fourth-order valence-electron chi connectivity index (χ4n) is 3.36. The second-order valence-corrected chi connectivity index (χ2v) is 11.1. The maximum Gasteiger partial charge on any atom is 0.418 e. The molecule has 0 fully saturated rings. The predicted molar refractivity (Wildman–Crippen MR) is 143 cm³/mol. The van der Waals surface area contributed by atoms with Crippen molar-refractivity contribution in [3.05, 3.63) is 47.3 Å². The van der Waals surface area contributed by atoms with Crippen LogP contribution in [0, 0.1) is 5.92 Å². The van der Waals surface area contributed by atoms with Gasteiger partial charge in [-0.2, -0.15) is 16.3 Å². The molecule has 0 saturated carbocycles. The van der Waals surface area contributed by atoms with Crippen molar-refractivity contribution in [2.75, 3.05) is 23.8 Å². The summed E-state index contributed by atoms with van der Waals surface area (Å²) in [5, 5.41) is 20.4. The molecule has 9 nitrogen and oxygen atoms in total. The molecule has 188 valence electrons. The number of ether oxygens (including phenoxy) is 1. The van der Waals surface area contributed by atoms with E-state index in [0.29, 0.717) is 28.3 Å². The largest absolute Gasteiger partial charge is 0.449 e. The number of amides is 1. The van der Waals surface area contributed by atoms with Gasteiger partial charge in [-0.3, -0.25) is 0 Å². The fourth-order valence-corrected chi connectivity index (χ4v) is 5.04. The third kappa shape index (κ3) is 7.41. The Labute approximate surface area is 210 Å². The Morgan fingerprint density at radius 2 is 2.00 bits per heavy atom. The number of anilines is 3. The number of hydrogen-bond acceptors (Lipinski definition) is 9. The topological polar surface area (TPSA) is 125 Å². The highest BCUT2D eigenvalue weighted by Gasteiger charge is 2.16. The first-order valence-corrected chi connectivity index (χ1v) is 13.8. The second kappa shape index (κ2) is 12.0. The van der Waals surface area contributed by atoms with Crippen LogP contribution in [0.2, 0.25) is 0 Å². The van der Waals surface area contributed by atoms with Crippen LogP contribution in [0.1, 0.15) is 27.2 Å². The van der Waals surface area contributed by atoms with Crippen molar-refractivity contribution in [1.82, 2.24) is 14.7 Å². The van der Waals surface area contributed by atoms with Crippen LogP contribution >= 0.6 is 11.3 Å². The summed E-state index contributed by atoms with van der Waals surface area (Å²) in [5.74, 6) is 5.01. The second-order valence-electron chi connectivity index (χ2n) is 8.27. The minimum atomic E-state index is -3.05. The van der Waals surface area contributed by atoms with Crippen LogP contribution in [0.3, 0.4) is 0 Å². The highest BCUT2D eigenvalue weighted by atomic mass is 32.2. The summed E-state index contributed by atoms with van der Waals surface area (Å²) in [7, 11) is -3.05. The lowest BCUT2D eigenvalue weighted by atomic mass is 10.0. The Balaban J connectivity index is 1.81. The molecule has 1 amide bonds. The molecule has 3 rings (SSSR count). The molecule has 1 aromatic carbocycles. The zero-order valence-electron chi connectivity index (χ0n) is 20.0. The highest BCUT2D eigenvalue weighted by molar-refractivity contribution is 7.99. The number of thiophene rings is 1. The SMILES string of the molecule is C=S(=O)(NC(=O)OCC)c1ccc(Nc2ncc(-c3ccsc3)c(N[C@H](CO)CC(C)C)n2)cc1. The number of rotatable bonds is 11. The lowest BCUT2D eigenvalue weighted by Gasteiger charge is -2.21. The molecular formula is C24H31N5O4S2. The van der Waals surface area contributed by atoms with E-state index in [0.717, 1.165) is 17.5 Å². The van der Waals surface area contributed by atoms with Gasteiger partial charge in [0.1, 0.15) is 5.82 Å². The highest BCUT2D eigenvalue weighted by Crippen LogP contribution is 2.30. The summed E-state index contributed by atoms with van der Waals surface area (Å²) in [6.45, 7) is 6.03. The van der Waals surface area contributed by atoms with Gasteiger partial charge in [0.25, 0.3) is 0 Å². The summed E-state index contributed by atoms with van der Waals surface area (Å²) >= 11 is 1.58. The molecule has 11 heteroatoms. The molecular weight excluding hydrogens is 486 g/mol. The monoisotopic (exact) mass is 517 g/mol. The van der Waals surface area contributed by atoms with E-state index in [1.807, 2.05) is 16.8 Å². The summed E-state index contributed by atoms with van der Waals surface area (Å²) in [5.41, 5.74) is 2.50. The molecule has 35 heavy (non-hydrogen) atoms. The number of carbonyl (C=O) groups excluding carboxylic acids is 1. The van der Waals surface area contributed by atoms with Gasteiger partial charge >= 0.3 is 6.09 Å². The van der Waals surface area contributed by atoms with Gasteiger partial charge in [-0.05, 0) is 71.8 Å². The Kier molecular flexibility index (Phi) is 9.07. The number of benzene rings is 1. The first-order valence-electron chi connectivity index (χ1n) is 11.2. The number of nitrogens with one attached hydrogen (secondary N) is 3. The molecule has 0 aliphatic carbocycles. The molecule has 2 heterocycles. The Bertz CT molecular complexity index is 1210. The maximum absolute atomic E-state index is 12.7. The van der Waals surface area contributed by atoms with Crippen molar-refractivity contribution in [1.29, 1.82) is 0 Å². The van der Waals surface area contributed by atoms with Gasteiger partial charge < -0.3 is 20.5 Å². The van der Waals surface area contributed by atoms with Crippen molar-refractivity contribution in [3.8, 4) is 11.1 Å². The standard InChI is InChI=1S/C24H31N5O4S2/c1-5-33-24(31)29-35(4,32)20-8-6-18(7-9-20)27-23-25-13-21(17-10-11-34-15-17)22(28-23)26-19(14-30)12-16(2)3/h6-11,13,15-16,19,30H,4-5,12,14H2,1-3H3,(H,29,31,32)(H2,25,26,27,28)/t19-,35?/m0/s1. The van der Waals surface area contributed by atoms with Crippen LogP contribution in [0.4, 0.5) is 22.2 Å². The molecule has 2 atom stereocenters. The lowest BCUT2D eigenvalue weighted by molar-refractivity contribution is 0.159.